The molecule has 0 aliphatic heterocycles. The molecule has 4 nitrogen and oxygen atoms in total. The quantitative estimate of drug-likeness (QED) is 0.295. The average Bonchev–Trinajstić information content (AvgIpc) is 2.17. The highest BCUT2D eigenvalue weighted by atomic mass is 16.4. The summed E-state index contributed by atoms with van der Waals surface area (Å²) in [5.74, 6) is 1.01. The van der Waals surface area contributed by atoms with Gasteiger partial charge in [-0.15, -0.1) is 0 Å². The number of amidine groups is 1. The van der Waals surface area contributed by atoms with Crippen molar-refractivity contribution >= 4 is 5.84 Å². The maximum absolute atomic E-state index is 8.48. The van der Waals surface area contributed by atoms with E-state index in [1.807, 2.05) is 0 Å². The van der Waals surface area contributed by atoms with Gasteiger partial charge in [0.1, 0.15) is 5.84 Å². The van der Waals surface area contributed by atoms with Crippen LogP contribution in [0.3, 0.4) is 0 Å². The Bertz CT molecular complexity index is 194. The summed E-state index contributed by atoms with van der Waals surface area (Å²) in [7, 11) is 2.08. The first-order valence-corrected chi connectivity index (χ1v) is 5.67. The molecule has 0 spiro atoms. The van der Waals surface area contributed by atoms with Gasteiger partial charge in [-0.1, -0.05) is 25.4 Å². The second kappa shape index (κ2) is 7.51. The molecule has 4 heteroatoms. The molecule has 0 heterocycles. The van der Waals surface area contributed by atoms with E-state index in [-0.39, 0.29) is 0 Å². The Labute approximate surface area is 93.1 Å². The molecule has 0 saturated carbocycles. The fraction of sp³-hybridized carbons (Fsp3) is 0.909. The minimum absolute atomic E-state index is 0.303. The van der Waals surface area contributed by atoms with Crippen molar-refractivity contribution in [2.24, 2.45) is 16.8 Å². The predicted octanol–water partition coefficient (Wildman–Crippen LogP) is 1.88. The predicted molar refractivity (Wildman–Crippen MR) is 64.2 cm³/mol. The van der Waals surface area contributed by atoms with Gasteiger partial charge >= 0.3 is 0 Å². The highest BCUT2D eigenvalue weighted by Gasteiger charge is 2.13. The SMILES string of the molecule is CCCC(C)CN(C)C(C)CC(N)=NO. The van der Waals surface area contributed by atoms with E-state index >= 15 is 0 Å². The van der Waals surface area contributed by atoms with Crippen LogP contribution in [0.5, 0.6) is 0 Å². The summed E-state index contributed by atoms with van der Waals surface area (Å²) in [6, 6.07) is 0.320. The van der Waals surface area contributed by atoms with Gasteiger partial charge in [-0.25, -0.2) is 0 Å². The Balaban J connectivity index is 3.92. The maximum Gasteiger partial charge on any atom is 0.140 e. The van der Waals surface area contributed by atoms with Crippen LogP contribution in [0, 0.1) is 5.92 Å². The van der Waals surface area contributed by atoms with Gasteiger partial charge in [0.25, 0.3) is 0 Å². The Morgan fingerprint density at radius 1 is 1.47 bits per heavy atom. The van der Waals surface area contributed by atoms with Gasteiger partial charge in [-0.05, 0) is 26.3 Å². The summed E-state index contributed by atoms with van der Waals surface area (Å²) in [6.45, 7) is 7.62. The normalized spacial score (nSPS) is 16.7. The lowest BCUT2D eigenvalue weighted by Gasteiger charge is -2.27. The van der Waals surface area contributed by atoms with Crippen molar-refractivity contribution < 1.29 is 5.21 Å². The first kappa shape index (κ1) is 14.2. The van der Waals surface area contributed by atoms with E-state index in [0.29, 0.717) is 24.2 Å². The van der Waals surface area contributed by atoms with Crippen molar-refractivity contribution in [3.05, 3.63) is 0 Å². The van der Waals surface area contributed by atoms with E-state index in [0.717, 1.165) is 6.54 Å². The van der Waals surface area contributed by atoms with Crippen molar-refractivity contribution in [1.82, 2.24) is 4.90 Å². The summed E-state index contributed by atoms with van der Waals surface area (Å²) < 4.78 is 0. The van der Waals surface area contributed by atoms with E-state index in [4.69, 9.17) is 10.9 Å². The van der Waals surface area contributed by atoms with Crippen LogP contribution in [0.15, 0.2) is 5.16 Å². The molecular formula is C11H25N3O. The lowest BCUT2D eigenvalue weighted by Crippen LogP contribution is -2.36. The standard InChI is InChI=1S/C11H25N3O/c1-5-6-9(2)8-14(4)10(3)7-11(12)13-15/h9-10,15H,5-8H2,1-4H3,(H2,12,13). The lowest BCUT2D eigenvalue weighted by atomic mass is 10.0. The lowest BCUT2D eigenvalue weighted by molar-refractivity contribution is 0.221. The first-order chi connectivity index (χ1) is 7.01. The van der Waals surface area contributed by atoms with E-state index in [9.17, 15) is 0 Å². The molecular weight excluding hydrogens is 190 g/mol. The Morgan fingerprint density at radius 3 is 2.53 bits per heavy atom. The number of rotatable bonds is 7. The average molecular weight is 215 g/mol. The third-order valence-corrected chi connectivity index (χ3v) is 2.77. The molecule has 2 unspecified atom stereocenters. The highest BCUT2D eigenvalue weighted by molar-refractivity contribution is 5.80. The number of hydrogen-bond acceptors (Lipinski definition) is 3. The fourth-order valence-electron chi connectivity index (χ4n) is 1.75. The van der Waals surface area contributed by atoms with Crippen molar-refractivity contribution in [1.29, 1.82) is 0 Å². The number of nitrogens with zero attached hydrogens (tertiary/aromatic N) is 2. The van der Waals surface area contributed by atoms with Crippen molar-refractivity contribution in [3.8, 4) is 0 Å². The fourth-order valence-corrected chi connectivity index (χ4v) is 1.75. The minimum atomic E-state index is 0.303. The van der Waals surface area contributed by atoms with E-state index < -0.39 is 0 Å². The van der Waals surface area contributed by atoms with E-state index in [1.54, 1.807) is 0 Å². The monoisotopic (exact) mass is 215 g/mol. The van der Waals surface area contributed by atoms with Gasteiger partial charge in [0.2, 0.25) is 0 Å². The molecule has 0 saturated heterocycles. The Hall–Kier alpha value is -0.770. The number of oxime groups is 1. The summed E-state index contributed by atoms with van der Waals surface area (Å²) in [4.78, 5) is 2.26. The Kier molecular flexibility index (Phi) is 7.13. The molecule has 3 N–H and O–H groups in total. The van der Waals surface area contributed by atoms with Crippen molar-refractivity contribution in [3.63, 3.8) is 0 Å². The summed E-state index contributed by atoms with van der Waals surface area (Å²) in [5.41, 5.74) is 5.47. The zero-order chi connectivity index (χ0) is 11.8. The molecule has 0 aromatic rings. The summed E-state index contributed by atoms with van der Waals surface area (Å²) in [6.07, 6.45) is 3.09. The highest BCUT2D eigenvalue weighted by Crippen LogP contribution is 2.10. The maximum atomic E-state index is 8.48. The largest absolute Gasteiger partial charge is 0.409 e. The second-order valence-corrected chi connectivity index (χ2v) is 4.48. The van der Waals surface area contributed by atoms with Gasteiger partial charge in [-0.3, -0.25) is 0 Å². The molecule has 0 aliphatic carbocycles. The zero-order valence-corrected chi connectivity index (χ0v) is 10.4. The topological polar surface area (TPSA) is 61.8 Å². The smallest absolute Gasteiger partial charge is 0.140 e. The number of hydrogen-bond donors (Lipinski definition) is 2. The van der Waals surface area contributed by atoms with Gasteiger partial charge in [-0.2, -0.15) is 0 Å². The van der Waals surface area contributed by atoms with Crippen molar-refractivity contribution in [2.45, 2.75) is 46.1 Å². The number of nitrogens with two attached hydrogens (primary N) is 1. The molecule has 2 atom stereocenters. The van der Waals surface area contributed by atoms with Gasteiger partial charge in [0.05, 0.1) is 0 Å². The molecule has 90 valence electrons. The zero-order valence-electron chi connectivity index (χ0n) is 10.4. The molecule has 0 aromatic carbocycles. The molecule has 0 rings (SSSR count). The van der Waals surface area contributed by atoms with Gasteiger partial charge in [0, 0.05) is 19.0 Å². The van der Waals surface area contributed by atoms with Crippen LogP contribution in [0.1, 0.15) is 40.0 Å². The first-order valence-electron chi connectivity index (χ1n) is 5.67. The van der Waals surface area contributed by atoms with Crippen LogP contribution >= 0.6 is 0 Å². The van der Waals surface area contributed by atoms with E-state index in [2.05, 4.69) is 37.9 Å². The summed E-state index contributed by atoms with van der Waals surface area (Å²) in [5, 5.41) is 11.5. The minimum Gasteiger partial charge on any atom is -0.409 e. The van der Waals surface area contributed by atoms with Crippen LogP contribution < -0.4 is 5.73 Å². The van der Waals surface area contributed by atoms with Gasteiger partial charge in [0.15, 0.2) is 0 Å². The molecule has 0 radical (unpaired) electrons. The van der Waals surface area contributed by atoms with Gasteiger partial charge < -0.3 is 15.8 Å². The molecule has 0 fully saturated rings. The van der Waals surface area contributed by atoms with Crippen LogP contribution in [-0.2, 0) is 0 Å². The third-order valence-electron chi connectivity index (χ3n) is 2.77. The van der Waals surface area contributed by atoms with E-state index in [1.165, 1.54) is 12.8 Å². The second-order valence-electron chi connectivity index (χ2n) is 4.48. The van der Waals surface area contributed by atoms with Crippen LogP contribution in [0.2, 0.25) is 0 Å². The van der Waals surface area contributed by atoms with Crippen LogP contribution in [-0.4, -0.2) is 35.6 Å². The summed E-state index contributed by atoms with van der Waals surface area (Å²) >= 11 is 0. The van der Waals surface area contributed by atoms with Crippen LogP contribution in [0.25, 0.3) is 0 Å². The van der Waals surface area contributed by atoms with Crippen molar-refractivity contribution in [2.75, 3.05) is 13.6 Å². The molecule has 0 bridgehead atoms. The Morgan fingerprint density at radius 2 is 2.07 bits per heavy atom. The molecule has 0 aromatic heterocycles. The van der Waals surface area contributed by atoms with Crippen LogP contribution in [0.4, 0.5) is 0 Å². The molecule has 0 aliphatic rings. The third kappa shape index (κ3) is 6.33. The molecule has 15 heavy (non-hydrogen) atoms. The molecule has 0 amide bonds.